The first kappa shape index (κ1) is 27.7. The van der Waals surface area contributed by atoms with Crippen LogP contribution in [0.15, 0.2) is 76.0 Å². The Morgan fingerprint density at radius 2 is 1.80 bits per heavy atom. The Balaban J connectivity index is 1.56. The maximum absolute atomic E-state index is 14.5. The van der Waals surface area contributed by atoms with Gasteiger partial charge < -0.3 is 15.0 Å². The second-order valence-electron chi connectivity index (χ2n) is 9.34. The minimum absolute atomic E-state index is 0.0156. The lowest BCUT2D eigenvalue weighted by Crippen LogP contribution is -2.41. The van der Waals surface area contributed by atoms with Crippen LogP contribution in [0.4, 0.5) is 4.39 Å². The quantitative estimate of drug-likeness (QED) is 0.313. The molecule has 0 saturated heterocycles. The number of imidazole rings is 1. The normalized spacial score (nSPS) is 13.5. The zero-order valence-electron chi connectivity index (χ0n) is 21.7. The van der Waals surface area contributed by atoms with Crippen molar-refractivity contribution in [1.82, 2.24) is 19.4 Å². The zero-order chi connectivity index (χ0) is 28.6. The molecular weight excluding hydrogens is 603 g/mol. The summed E-state index contributed by atoms with van der Waals surface area (Å²) in [6.45, 7) is 2.14. The number of benzene rings is 3. The predicted molar refractivity (Wildman–Crippen MR) is 153 cm³/mol. The van der Waals surface area contributed by atoms with Crippen LogP contribution in [0, 0.1) is 5.82 Å². The molecule has 40 heavy (non-hydrogen) atoms. The van der Waals surface area contributed by atoms with E-state index >= 15 is 0 Å². The van der Waals surface area contributed by atoms with Gasteiger partial charge in [0.25, 0.3) is 11.8 Å². The molecule has 1 unspecified atom stereocenters. The van der Waals surface area contributed by atoms with E-state index in [4.69, 9.17) is 16.3 Å². The van der Waals surface area contributed by atoms with Crippen LogP contribution in [-0.2, 0) is 13.1 Å². The van der Waals surface area contributed by atoms with Crippen LogP contribution in [0.2, 0.25) is 5.02 Å². The Hall–Kier alpha value is -3.89. The largest absolute Gasteiger partial charge is 0.497 e. The van der Waals surface area contributed by atoms with Gasteiger partial charge in [0.15, 0.2) is 0 Å². The number of amides is 2. The van der Waals surface area contributed by atoms with Gasteiger partial charge in [-0.15, -0.1) is 0 Å². The minimum atomic E-state index is -0.685. The first-order valence-corrected chi connectivity index (χ1v) is 13.6. The molecule has 2 amide bonds. The zero-order valence-corrected chi connectivity index (χ0v) is 24.0. The number of nitrogens with one attached hydrogen (secondary N) is 1. The summed E-state index contributed by atoms with van der Waals surface area (Å²) >= 11 is 9.54. The number of carbonyl (C=O) groups is 2. The molecule has 5 rings (SSSR count). The van der Waals surface area contributed by atoms with Crippen molar-refractivity contribution in [1.29, 1.82) is 0 Å². The van der Waals surface area contributed by atoms with Gasteiger partial charge in [0.2, 0.25) is 0 Å². The number of hydrogen-bond acceptors (Lipinski definition) is 4. The summed E-state index contributed by atoms with van der Waals surface area (Å²) in [5, 5.41) is 3.23. The summed E-state index contributed by atoms with van der Waals surface area (Å²) in [6.07, 6.45) is 0. The number of methoxy groups -OCH3 is 1. The fraction of sp³-hybridized carbons (Fsp3) is 0.207. The Morgan fingerprint density at radius 3 is 2.48 bits per heavy atom. The van der Waals surface area contributed by atoms with Gasteiger partial charge in [-0.1, -0.05) is 29.8 Å². The molecule has 1 aromatic heterocycles. The standard InChI is InChI=1S/C29H25BrClFN4O4/c1-17(21-5-3-4-6-24(21)32)33-27(37)26-25-16-34(28(38)18-7-12-22(30)23(31)15-18)13-14-35(25)29(39)36(26)19-8-10-20(40-2)11-9-19/h3-12,15,17H,13-14,16H2,1-2H3,(H,33,37). The van der Waals surface area contributed by atoms with E-state index in [1.54, 1.807) is 72.5 Å². The first-order chi connectivity index (χ1) is 19.2. The van der Waals surface area contributed by atoms with E-state index in [1.807, 2.05) is 0 Å². The molecule has 1 aliphatic rings. The number of rotatable bonds is 6. The molecule has 1 N–H and O–H groups in total. The van der Waals surface area contributed by atoms with Crippen molar-refractivity contribution >= 4 is 39.3 Å². The summed E-state index contributed by atoms with van der Waals surface area (Å²) in [6, 6.07) is 17.1. The lowest BCUT2D eigenvalue weighted by atomic mass is 10.1. The molecule has 1 atom stereocenters. The topological polar surface area (TPSA) is 85.6 Å². The first-order valence-electron chi connectivity index (χ1n) is 12.5. The van der Waals surface area contributed by atoms with Crippen LogP contribution in [-0.4, -0.2) is 39.5 Å². The molecule has 0 aliphatic carbocycles. The smallest absolute Gasteiger partial charge is 0.333 e. The average Bonchev–Trinajstić information content (AvgIpc) is 3.25. The van der Waals surface area contributed by atoms with E-state index in [2.05, 4.69) is 21.2 Å². The van der Waals surface area contributed by atoms with Crippen molar-refractivity contribution in [3.05, 3.63) is 115 Å². The Kier molecular flexibility index (Phi) is 7.82. The van der Waals surface area contributed by atoms with Gasteiger partial charge in [0, 0.05) is 28.7 Å². The molecule has 0 bridgehead atoms. The molecule has 11 heteroatoms. The van der Waals surface area contributed by atoms with Gasteiger partial charge in [-0.3, -0.25) is 18.7 Å². The van der Waals surface area contributed by atoms with E-state index in [9.17, 15) is 18.8 Å². The lowest BCUT2D eigenvalue weighted by molar-refractivity contribution is 0.0706. The van der Waals surface area contributed by atoms with Crippen molar-refractivity contribution in [3.63, 3.8) is 0 Å². The second-order valence-corrected chi connectivity index (χ2v) is 10.6. The van der Waals surface area contributed by atoms with Crippen LogP contribution in [0.3, 0.4) is 0 Å². The Bertz CT molecular complexity index is 1670. The van der Waals surface area contributed by atoms with Gasteiger partial charge >= 0.3 is 5.69 Å². The highest BCUT2D eigenvalue weighted by atomic mass is 79.9. The summed E-state index contributed by atoms with van der Waals surface area (Å²) < 4.78 is 23.2. The summed E-state index contributed by atoms with van der Waals surface area (Å²) in [7, 11) is 1.53. The highest BCUT2D eigenvalue weighted by Crippen LogP contribution is 2.27. The molecule has 1 aliphatic heterocycles. The predicted octanol–water partition coefficient (Wildman–Crippen LogP) is 5.35. The third kappa shape index (κ3) is 5.16. The van der Waals surface area contributed by atoms with Crippen LogP contribution < -0.4 is 15.7 Å². The molecule has 0 radical (unpaired) electrons. The van der Waals surface area contributed by atoms with Gasteiger partial charge in [-0.2, -0.15) is 0 Å². The molecule has 2 heterocycles. The number of carbonyl (C=O) groups excluding carboxylic acids is 2. The maximum Gasteiger partial charge on any atom is 0.333 e. The molecule has 0 fully saturated rings. The molecule has 0 saturated carbocycles. The molecule has 206 valence electrons. The van der Waals surface area contributed by atoms with Crippen LogP contribution in [0.1, 0.15) is 45.1 Å². The molecule has 4 aromatic rings. The lowest BCUT2D eigenvalue weighted by Gasteiger charge is -2.28. The molecule has 8 nitrogen and oxygen atoms in total. The number of fused-ring (bicyclic) bond motifs is 1. The van der Waals surface area contributed by atoms with Crippen LogP contribution in [0.5, 0.6) is 5.75 Å². The van der Waals surface area contributed by atoms with Gasteiger partial charge in [-0.05, 0) is 71.4 Å². The average molecular weight is 628 g/mol. The highest BCUT2D eigenvalue weighted by Gasteiger charge is 2.33. The van der Waals surface area contributed by atoms with Gasteiger partial charge in [-0.25, -0.2) is 9.18 Å². The third-order valence-corrected chi connectivity index (χ3v) is 8.13. The van der Waals surface area contributed by atoms with E-state index < -0.39 is 23.5 Å². The Labute approximate surface area is 243 Å². The van der Waals surface area contributed by atoms with Crippen LogP contribution in [0.25, 0.3) is 5.69 Å². The van der Waals surface area contributed by atoms with E-state index in [0.29, 0.717) is 37.8 Å². The number of aromatic nitrogens is 2. The molecule has 0 spiro atoms. The van der Waals surface area contributed by atoms with Crippen molar-refractivity contribution in [2.45, 2.75) is 26.1 Å². The molecular formula is C29H25BrClFN4O4. The fourth-order valence-electron chi connectivity index (χ4n) is 4.82. The second kappa shape index (κ2) is 11.3. The van der Waals surface area contributed by atoms with Crippen molar-refractivity contribution in [2.75, 3.05) is 13.7 Å². The van der Waals surface area contributed by atoms with Crippen molar-refractivity contribution in [3.8, 4) is 11.4 Å². The van der Waals surface area contributed by atoms with Crippen molar-refractivity contribution < 1.29 is 18.7 Å². The highest BCUT2D eigenvalue weighted by molar-refractivity contribution is 9.10. The number of hydrogen-bond donors (Lipinski definition) is 1. The summed E-state index contributed by atoms with van der Waals surface area (Å²) in [5.74, 6) is -0.716. The summed E-state index contributed by atoms with van der Waals surface area (Å²) in [5.41, 5.74) is 1.19. The maximum atomic E-state index is 14.5. The third-order valence-electron chi connectivity index (χ3n) is 6.90. The SMILES string of the molecule is COc1ccc(-n2c(C(=O)NC(C)c3ccccc3F)c3n(c2=O)CCN(C(=O)c2ccc(Br)c(Cl)c2)C3)cc1. The van der Waals surface area contributed by atoms with Gasteiger partial charge in [0.05, 0.1) is 36.1 Å². The fourth-order valence-corrected chi connectivity index (χ4v) is 5.24. The number of ether oxygens (including phenoxy) is 1. The number of halogens is 3. The number of nitrogens with zero attached hydrogens (tertiary/aromatic N) is 3. The van der Waals surface area contributed by atoms with Crippen LogP contribution >= 0.6 is 27.5 Å². The van der Waals surface area contributed by atoms with E-state index in [-0.39, 0.29) is 31.2 Å². The molecule has 3 aromatic carbocycles. The Morgan fingerprint density at radius 1 is 1.07 bits per heavy atom. The summed E-state index contributed by atoms with van der Waals surface area (Å²) in [4.78, 5) is 42.4. The monoisotopic (exact) mass is 626 g/mol. The van der Waals surface area contributed by atoms with E-state index in [1.165, 1.54) is 22.3 Å². The minimum Gasteiger partial charge on any atom is -0.497 e. The van der Waals surface area contributed by atoms with Gasteiger partial charge in [0.1, 0.15) is 17.3 Å². The van der Waals surface area contributed by atoms with Crippen molar-refractivity contribution in [2.24, 2.45) is 0 Å². The van der Waals surface area contributed by atoms with E-state index in [0.717, 1.165) is 0 Å².